The van der Waals surface area contributed by atoms with Crippen LogP contribution in [-0.2, 0) is 25.8 Å². The van der Waals surface area contributed by atoms with E-state index in [1.54, 1.807) is 22.9 Å². The highest BCUT2D eigenvalue weighted by Crippen LogP contribution is 2.30. The van der Waals surface area contributed by atoms with Crippen LogP contribution < -0.4 is 26.7 Å². The number of benzene rings is 3. The van der Waals surface area contributed by atoms with E-state index in [0.717, 1.165) is 46.7 Å². The molecule has 2 heterocycles. The van der Waals surface area contributed by atoms with Crippen LogP contribution in [-0.4, -0.2) is 83.0 Å². The van der Waals surface area contributed by atoms with Gasteiger partial charge in [-0.15, -0.1) is 11.3 Å². The van der Waals surface area contributed by atoms with Crippen LogP contribution in [0.2, 0.25) is 0 Å². The summed E-state index contributed by atoms with van der Waals surface area (Å²) in [6.45, 7) is 9.07. The van der Waals surface area contributed by atoms with Gasteiger partial charge in [0.05, 0.1) is 45.7 Å². The van der Waals surface area contributed by atoms with Crippen molar-refractivity contribution in [2.45, 2.75) is 91.0 Å². The molecule has 0 saturated carbocycles. The number of thiazole rings is 1. The Morgan fingerprint density at radius 2 is 1.73 bits per heavy atom. The van der Waals surface area contributed by atoms with Gasteiger partial charge in [0.25, 0.3) is 5.91 Å². The van der Waals surface area contributed by atoms with E-state index >= 15 is 0 Å². The molecule has 3 unspecified atom stereocenters. The molecule has 0 bridgehead atoms. The fourth-order valence-corrected chi connectivity index (χ4v) is 8.14. The van der Waals surface area contributed by atoms with Gasteiger partial charge in [0, 0.05) is 29.5 Å². The van der Waals surface area contributed by atoms with Crippen LogP contribution in [0.4, 0.5) is 24.5 Å². The Morgan fingerprint density at radius 1 is 0.984 bits per heavy atom. The molecule has 0 aliphatic carbocycles. The quantitative estimate of drug-likeness (QED) is 0.0313. The first-order chi connectivity index (χ1) is 29.5. The molecule has 62 heavy (non-hydrogen) atoms. The van der Waals surface area contributed by atoms with Gasteiger partial charge in [-0.2, -0.15) is 0 Å². The van der Waals surface area contributed by atoms with Crippen molar-refractivity contribution in [3.05, 3.63) is 98.0 Å². The van der Waals surface area contributed by atoms with E-state index in [1.165, 1.54) is 17.0 Å². The SMILES string of the molecule is Cc1ncsc1-c1ccc(CNC(=O)C2CC(O)CN2C(=O)C(NC(=O)CCCCCNCCCONC(=O)c2ccc(F)c(F)c2Nc2ccc(I)cc2F)C(C)(C)C)cc1. The molecular weight excluding hydrogens is 938 g/mol. The minimum absolute atomic E-state index is 0.0101. The van der Waals surface area contributed by atoms with Crippen molar-refractivity contribution in [2.75, 3.05) is 31.6 Å². The molecule has 4 aromatic rings. The van der Waals surface area contributed by atoms with Crippen LogP contribution in [0.5, 0.6) is 0 Å². The Labute approximate surface area is 377 Å². The Morgan fingerprint density at radius 3 is 2.42 bits per heavy atom. The van der Waals surface area contributed by atoms with E-state index < -0.39 is 58.6 Å². The fourth-order valence-electron chi connectivity index (χ4n) is 6.88. The number of aliphatic hydroxyl groups excluding tert-OH is 1. The number of aryl methyl sites for hydroxylation is 1. The number of β-amino-alcohol motifs (C(OH)–C–C–N with tert-alkyl or cyclic N) is 1. The maximum Gasteiger partial charge on any atom is 0.277 e. The minimum atomic E-state index is -1.34. The average Bonchev–Trinajstić information content (AvgIpc) is 3.85. The lowest BCUT2D eigenvalue weighted by atomic mass is 9.85. The average molecular weight is 992 g/mol. The number of amides is 4. The molecular formula is C44H53F3IN7O6S. The number of hydrogen-bond donors (Lipinski definition) is 6. The third-order valence-corrected chi connectivity index (χ3v) is 11.9. The van der Waals surface area contributed by atoms with Crippen molar-refractivity contribution in [3.8, 4) is 10.4 Å². The molecule has 4 amide bonds. The summed E-state index contributed by atoms with van der Waals surface area (Å²) >= 11 is 3.48. The highest BCUT2D eigenvalue weighted by atomic mass is 127. The lowest BCUT2D eigenvalue weighted by Crippen LogP contribution is -2.57. The lowest BCUT2D eigenvalue weighted by Gasteiger charge is -2.35. The molecule has 1 aliphatic rings. The Kier molecular flexibility index (Phi) is 17.7. The van der Waals surface area contributed by atoms with Crippen LogP contribution in [0.25, 0.3) is 10.4 Å². The number of hydroxylamine groups is 1. The fraction of sp³-hybridized carbons (Fsp3) is 0.432. The summed E-state index contributed by atoms with van der Waals surface area (Å²) in [5.74, 6) is -5.15. The number of nitrogens with zero attached hydrogens (tertiary/aromatic N) is 2. The Bertz CT molecular complexity index is 2190. The number of unbranched alkanes of at least 4 members (excludes halogenated alkanes) is 2. The van der Waals surface area contributed by atoms with Gasteiger partial charge in [-0.25, -0.2) is 23.6 Å². The molecule has 18 heteroatoms. The summed E-state index contributed by atoms with van der Waals surface area (Å²) in [7, 11) is 0. The lowest BCUT2D eigenvalue weighted by molar-refractivity contribution is -0.144. The summed E-state index contributed by atoms with van der Waals surface area (Å²) in [5, 5.41) is 22.1. The molecule has 13 nitrogen and oxygen atoms in total. The summed E-state index contributed by atoms with van der Waals surface area (Å²) in [6.07, 6.45) is 2.05. The number of rotatable bonds is 20. The molecule has 3 atom stereocenters. The van der Waals surface area contributed by atoms with Gasteiger partial charge in [0.1, 0.15) is 17.9 Å². The van der Waals surface area contributed by atoms with Gasteiger partial charge in [-0.1, -0.05) is 51.5 Å². The second kappa shape index (κ2) is 22.6. The minimum Gasteiger partial charge on any atom is -0.391 e. The topological polar surface area (TPSA) is 174 Å². The van der Waals surface area contributed by atoms with E-state index in [1.807, 2.05) is 74.6 Å². The number of halogens is 4. The maximum atomic E-state index is 14.7. The third-order valence-electron chi connectivity index (χ3n) is 10.3. The molecule has 1 saturated heterocycles. The predicted molar refractivity (Wildman–Crippen MR) is 240 cm³/mol. The van der Waals surface area contributed by atoms with Gasteiger partial charge in [0.2, 0.25) is 17.7 Å². The standard InChI is InChI=1S/C44H53F3IN7O6S/c1-26-39(62-25-51-26)28-12-10-27(11-13-28)23-50-42(59)35-22-30(56)24-55(35)43(60)40(44(2,3)4)53-36(57)9-6-5-7-18-49-19-8-20-61-54-41(58)31-15-16-32(45)37(47)38(31)52-34-17-14-29(48)21-33(34)46/h10-17,21,25,30,35,40,49,52,56H,5-9,18-20,22-24H2,1-4H3,(H,50,59)(H,53,57)(H,54,58). The second-order valence-electron chi connectivity index (χ2n) is 16.2. The first-order valence-electron chi connectivity index (χ1n) is 20.4. The summed E-state index contributed by atoms with van der Waals surface area (Å²) in [4.78, 5) is 65.2. The van der Waals surface area contributed by atoms with Crippen LogP contribution >= 0.6 is 33.9 Å². The van der Waals surface area contributed by atoms with Gasteiger partial charge in [-0.3, -0.25) is 24.0 Å². The van der Waals surface area contributed by atoms with Crippen molar-refractivity contribution in [1.82, 2.24) is 31.3 Å². The first-order valence-corrected chi connectivity index (χ1v) is 22.4. The largest absolute Gasteiger partial charge is 0.391 e. The number of anilines is 2. The van der Waals surface area contributed by atoms with Crippen LogP contribution in [0.15, 0.2) is 60.1 Å². The van der Waals surface area contributed by atoms with Crippen molar-refractivity contribution < 1.29 is 42.3 Å². The summed E-state index contributed by atoms with van der Waals surface area (Å²) < 4.78 is 43.7. The number of likely N-dealkylation sites (tertiary alicyclic amines) is 1. The van der Waals surface area contributed by atoms with Gasteiger partial charge >= 0.3 is 0 Å². The van der Waals surface area contributed by atoms with E-state index in [4.69, 9.17) is 4.84 Å². The predicted octanol–water partition coefficient (Wildman–Crippen LogP) is 6.89. The zero-order valence-electron chi connectivity index (χ0n) is 35.1. The number of carbonyl (C=O) groups excluding carboxylic acids is 4. The van der Waals surface area contributed by atoms with E-state index in [9.17, 15) is 37.5 Å². The molecule has 1 fully saturated rings. The van der Waals surface area contributed by atoms with Crippen molar-refractivity contribution in [2.24, 2.45) is 5.41 Å². The molecule has 3 aromatic carbocycles. The molecule has 334 valence electrons. The number of hydrogen-bond acceptors (Lipinski definition) is 10. The maximum absolute atomic E-state index is 14.7. The Balaban J connectivity index is 0.981. The molecule has 0 radical (unpaired) electrons. The Hall–Kier alpha value is -4.63. The van der Waals surface area contributed by atoms with E-state index in [0.29, 0.717) is 29.5 Å². The highest BCUT2D eigenvalue weighted by molar-refractivity contribution is 14.1. The summed E-state index contributed by atoms with van der Waals surface area (Å²) in [6, 6.07) is 12.1. The van der Waals surface area contributed by atoms with Crippen LogP contribution in [0, 0.1) is 33.4 Å². The molecule has 1 aliphatic heterocycles. The van der Waals surface area contributed by atoms with Gasteiger partial charge in [0.15, 0.2) is 11.6 Å². The van der Waals surface area contributed by atoms with Gasteiger partial charge < -0.3 is 31.3 Å². The smallest absolute Gasteiger partial charge is 0.277 e. The van der Waals surface area contributed by atoms with Crippen molar-refractivity contribution in [3.63, 3.8) is 0 Å². The first kappa shape index (κ1) is 48.4. The molecule has 0 spiro atoms. The van der Waals surface area contributed by atoms with E-state index in [2.05, 4.69) is 31.7 Å². The second-order valence-corrected chi connectivity index (χ2v) is 18.3. The van der Waals surface area contributed by atoms with Gasteiger partial charge in [-0.05, 0) is 109 Å². The molecule has 6 N–H and O–H groups in total. The molecule has 5 rings (SSSR count). The van der Waals surface area contributed by atoms with Crippen molar-refractivity contribution in [1.29, 1.82) is 0 Å². The van der Waals surface area contributed by atoms with Crippen LogP contribution in [0.1, 0.15) is 80.9 Å². The normalized spacial score (nSPS) is 15.6. The number of aromatic nitrogens is 1. The highest BCUT2D eigenvalue weighted by Gasteiger charge is 2.44. The zero-order valence-corrected chi connectivity index (χ0v) is 38.1. The monoisotopic (exact) mass is 991 g/mol. The number of nitrogens with one attached hydrogen (secondary N) is 5. The van der Waals surface area contributed by atoms with Crippen LogP contribution in [0.3, 0.4) is 0 Å². The number of aliphatic hydroxyl groups is 1. The van der Waals surface area contributed by atoms with Crippen molar-refractivity contribution >= 4 is 68.9 Å². The molecule has 1 aromatic heterocycles. The van der Waals surface area contributed by atoms with E-state index in [-0.39, 0.29) is 55.6 Å². The summed E-state index contributed by atoms with van der Waals surface area (Å²) in [5.41, 5.74) is 5.30. The zero-order chi connectivity index (χ0) is 45.0. The third kappa shape index (κ3) is 13.4. The number of carbonyl (C=O) groups is 4.